The summed E-state index contributed by atoms with van der Waals surface area (Å²) < 4.78 is 40.5. The summed E-state index contributed by atoms with van der Waals surface area (Å²) in [7, 11) is 0. The number of hydrogen-bond donors (Lipinski definition) is 0. The van der Waals surface area contributed by atoms with Crippen molar-refractivity contribution in [3.63, 3.8) is 0 Å². The first-order valence-corrected chi connectivity index (χ1v) is 6.59. The maximum Gasteiger partial charge on any atom is 0.522 e. The van der Waals surface area contributed by atoms with Gasteiger partial charge >= 0.3 is 6.36 Å². The topological polar surface area (TPSA) is 12.5 Å². The minimum atomic E-state index is -4.48. The van der Waals surface area contributed by atoms with E-state index in [4.69, 9.17) is 0 Å². The van der Waals surface area contributed by atoms with Crippen LogP contribution in [0.2, 0.25) is 0 Å². The Labute approximate surface area is 106 Å². The lowest BCUT2D eigenvalue weighted by Gasteiger charge is -2.58. The van der Waals surface area contributed by atoms with E-state index in [1.807, 2.05) is 0 Å². The molecule has 0 radical (unpaired) electrons. The van der Waals surface area contributed by atoms with Crippen molar-refractivity contribution in [2.45, 2.75) is 64.5 Å². The first-order valence-electron chi connectivity index (χ1n) is 6.59. The van der Waals surface area contributed by atoms with Gasteiger partial charge in [0.1, 0.15) is 0 Å². The van der Waals surface area contributed by atoms with Crippen LogP contribution in [0.3, 0.4) is 0 Å². The van der Waals surface area contributed by atoms with Gasteiger partial charge in [-0.05, 0) is 51.9 Å². The molecule has 0 N–H and O–H groups in total. The molecule has 1 saturated heterocycles. The van der Waals surface area contributed by atoms with Gasteiger partial charge in [-0.15, -0.1) is 13.2 Å². The fourth-order valence-electron chi connectivity index (χ4n) is 3.06. The Hall–Kier alpha value is -0.290. The van der Waals surface area contributed by atoms with Crippen molar-refractivity contribution in [1.82, 2.24) is 4.90 Å². The largest absolute Gasteiger partial charge is 0.522 e. The molecule has 18 heavy (non-hydrogen) atoms. The number of likely N-dealkylation sites (tertiary alicyclic amines) is 1. The van der Waals surface area contributed by atoms with E-state index >= 15 is 0 Å². The third-order valence-corrected chi connectivity index (χ3v) is 4.29. The summed E-state index contributed by atoms with van der Waals surface area (Å²) in [6.07, 6.45) is -2.30. The van der Waals surface area contributed by atoms with Crippen LogP contribution < -0.4 is 0 Å². The molecule has 0 atom stereocenters. The van der Waals surface area contributed by atoms with Crippen molar-refractivity contribution < 1.29 is 17.9 Å². The van der Waals surface area contributed by atoms with Gasteiger partial charge in [0, 0.05) is 18.6 Å². The van der Waals surface area contributed by atoms with E-state index < -0.39 is 12.5 Å². The van der Waals surface area contributed by atoms with Crippen molar-refractivity contribution >= 4 is 0 Å². The second-order valence-corrected chi connectivity index (χ2v) is 6.79. The zero-order valence-corrected chi connectivity index (χ0v) is 11.3. The molecule has 0 aromatic rings. The van der Waals surface area contributed by atoms with Crippen LogP contribution in [0.15, 0.2) is 0 Å². The van der Waals surface area contributed by atoms with Crippen molar-refractivity contribution in [3.05, 3.63) is 0 Å². The minimum absolute atomic E-state index is 0.171. The monoisotopic (exact) mass is 265 g/mol. The summed E-state index contributed by atoms with van der Waals surface area (Å²) in [4.78, 5) is 2.40. The SMILES string of the molecule is CC(C)(C)N1CC2(CCC(OC(F)(F)F)CC2)C1. The number of halogens is 3. The molecule has 1 aliphatic heterocycles. The highest BCUT2D eigenvalue weighted by atomic mass is 19.4. The molecule has 2 fully saturated rings. The van der Waals surface area contributed by atoms with Gasteiger partial charge in [-0.25, -0.2) is 0 Å². The molecule has 0 bridgehead atoms. The van der Waals surface area contributed by atoms with Gasteiger partial charge in [0.05, 0.1) is 6.10 Å². The third-order valence-electron chi connectivity index (χ3n) is 4.29. The molecule has 5 heteroatoms. The van der Waals surface area contributed by atoms with Crippen molar-refractivity contribution in [3.8, 4) is 0 Å². The van der Waals surface area contributed by atoms with Gasteiger partial charge < -0.3 is 0 Å². The molecule has 0 unspecified atom stereocenters. The molecular formula is C13H22F3NO. The summed E-state index contributed by atoms with van der Waals surface area (Å²) in [5.74, 6) is 0. The predicted octanol–water partition coefficient (Wildman–Crippen LogP) is 3.57. The summed E-state index contributed by atoms with van der Waals surface area (Å²) >= 11 is 0. The van der Waals surface area contributed by atoms with Crippen molar-refractivity contribution in [2.75, 3.05) is 13.1 Å². The highest BCUT2D eigenvalue weighted by Gasteiger charge is 2.49. The van der Waals surface area contributed by atoms with E-state index in [0.29, 0.717) is 12.8 Å². The van der Waals surface area contributed by atoms with Gasteiger partial charge in [-0.3, -0.25) is 9.64 Å². The zero-order valence-electron chi connectivity index (χ0n) is 11.3. The lowest BCUT2D eigenvalue weighted by atomic mass is 9.66. The minimum Gasteiger partial charge on any atom is -0.297 e. The van der Waals surface area contributed by atoms with Gasteiger partial charge in [0.25, 0.3) is 0 Å². The average Bonchev–Trinajstić information content (AvgIpc) is 2.11. The number of ether oxygens (including phenoxy) is 1. The van der Waals surface area contributed by atoms with Crippen molar-refractivity contribution in [2.24, 2.45) is 5.41 Å². The smallest absolute Gasteiger partial charge is 0.297 e. The molecule has 0 aromatic heterocycles. The zero-order chi connectivity index (χ0) is 13.6. The molecule has 106 valence electrons. The number of nitrogens with zero attached hydrogens (tertiary/aromatic N) is 1. The highest BCUT2D eigenvalue weighted by Crippen LogP contribution is 2.47. The fraction of sp³-hybridized carbons (Fsp3) is 1.00. The number of alkyl halides is 3. The Morgan fingerprint density at radius 2 is 1.56 bits per heavy atom. The standard InChI is InChI=1S/C13H22F3NO/c1-11(2,3)17-8-12(9-17)6-4-10(5-7-12)18-13(14,15)16/h10H,4-9H2,1-3H3. The van der Waals surface area contributed by atoms with E-state index in [0.717, 1.165) is 25.9 Å². The highest BCUT2D eigenvalue weighted by molar-refractivity contribution is 5.01. The quantitative estimate of drug-likeness (QED) is 0.718. The van der Waals surface area contributed by atoms with Crippen LogP contribution in [0, 0.1) is 5.41 Å². The molecule has 2 aliphatic rings. The molecule has 2 rings (SSSR count). The van der Waals surface area contributed by atoms with E-state index in [1.165, 1.54) is 0 Å². The molecule has 2 nitrogen and oxygen atoms in total. The van der Waals surface area contributed by atoms with Gasteiger partial charge in [-0.1, -0.05) is 0 Å². The normalized spacial score (nSPS) is 26.3. The van der Waals surface area contributed by atoms with E-state index in [2.05, 4.69) is 30.4 Å². The van der Waals surface area contributed by atoms with Crippen LogP contribution in [0.5, 0.6) is 0 Å². The first-order chi connectivity index (χ1) is 8.10. The fourth-order valence-corrected chi connectivity index (χ4v) is 3.06. The average molecular weight is 265 g/mol. The Morgan fingerprint density at radius 3 is 1.94 bits per heavy atom. The number of hydrogen-bond acceptors (Lipinski definition) is 2. The van der Waals surface area contributed by atoms with Gasteiger partial charge in [0.15, 0.2) is 0 Å². The van der Waals surface area contributed by atoms with Gasteiger partial charge in [-0.2, -0.15) is 0 Å². The summed E-state index contributed by atoms with van der Waals surface area (Å²) in [5, 5.41) is 0. The Kier molecular flexibility index (Phi) is 3.43. The summed E-state index contributed by atoms with van der Waals surface area (Å²) in [6.45, 7) is 8.58. The Morgan fingerprint density at radius 1 is 1.06 bits per heavy atom. The van der Waals surface area contributed by atoms with Crippen LogP contribution in [0.25, 0.3) is 0 Å². The number of rotatable bonds is 1. The van der Waals surface area contributed by atoms with E-state index in [1.54, 1.807) is 0 Å². The lowest BCUT2D eigenvalue weighted by molar-refractivity contribution is -0.347. The Bertz CT molecular complexity index is 292. The van der Waals surface area contributed by atoms with Crippen LogP contribution in [0.1, 0.15) is 46.5 Å². The molecular weight excluding hydrogens is 243 g/mol. The van der Waals surface area contributed by atoms with Crippen molar-refractivity contribution in [1.29, 1.82) is 0 Å². The van der Waals surface area contributed by atoms with Crippen LogP contribution >= 0.6 is 0 Å². The third kappa shape index (κ3) is 3.18. The molecule has 1 spiro atoms. The van der Waals surface area contributed by atoms with E-state index in [-0.39, 0.29) is 11.0 Å². The predicted molar refractivity (Wildman–Crippen MR) is 63.2 cm³/mol. The van der Waals surface area contributed by atoms with Crippen LogP contribution in [-0.4, -0.2) is 36.0 Å². The Balaban J connectivity index is 1.79. The molecule has 1 heterocycles. The maximum absolute atomic E-state index is 12.1. The molecule has 0 aromatic carbocycles. The van der Waals surface area contributed by atoms with E-state index in [9.17, 15) is 13.2 Å². The first kappa shape index (κ1) is 14.1. The summed E-state index contributed by atoms with van der Waals surface area (Å²) in [6, 6.07) is 0. The lowest BCUT2D eigenvalue weighted by Crippen LogP contribution is -2.63. The maximum atomic E-state index is 12.1. The molecule has 1 saturated carbocycles. The van der Waals surface area contributed by atoms with Crippen LogP contribution in [0.4, 0.5) is 13.2 Å². The van der Waals surface area contributed by atoms with Crippen LogP contribution in [-0.2, 0) is 4.74 Å². The molecule has 1 aliphatic carbocycles. The molecule has 0 amide bonds. The summed E-state index contributed by atoms with van der Waals surface area (Å²) in [5.41, 5.74) is 0.434. The second-order valence-electron chi connectivity index (χ2n) is 6.79. The van der Waals surface area contributed by atoms with Gasteiger partial charge in [0.2, 0.25) is 0 Å². The second kappa shape index (κ2) is 4.37.